The lowest BCUT2D eigenvalue weighted by atomic mass is 9.43. The number of carboxylic acid groups (broad SMARTS) is 1. The topological polar surface area (TPSA) is 77.8 Å². The van der Waals surface area contributed by atoms with E-state index in [4.69, 9.17) is 0 Å². The van der Waals surface area contributed by atoms with Crippen molar-refractivity contribution in [3.05, 3.63) is 0 Å². The first-order chi connectivity index (χ1) is 13.6. The molecule has 166 valence electrons. The molecule has 0 spiro atoms. The van der Waals surface area contributed by atoms with Crippen LogP contribution in [-0.2, 0) is 4.79 Å². The monoisotopic (exact) mass is 406 g/mol. The van der Waals surface area contributed by atoms with Crippen LogP contribution in [0, 0.1) is 52.3 Å². The number of aliphatic hydroxyl groups excluding tert-OH is 2. The predicted molar refractivity (Wildman–Crippen MR) is 113 cm³/mol. The van der Waals surface area contributed by atoms with E-state index in [0.29, 0.717) is 35.5 Å². The number of hydrogen-bond donors (Lipinski definition) is 3. The number of carbonyl (C=O) groups is 1. The van der Waals surface area contributed by atoms with E-state index in [2.05, 4.69) is 20.8 Å². The number of carboxylic acids is 1. The molecule has 3 N–H and O–H groups in total. The molecule has 11 atom stereocenters. The van der Waals surface area contributed by atoms with Crippen LogP contribution < -0.4 is 0 Å². The van der Waals surface area contributed by atoms with Gasteiger partial charge in [0.15, 0.2) is 0 Å². The van der Waals surface area contributed by atoms with E-state index in [9.17, 15) is 20.1 Å². The predicted octanol–water partition coefficient (Wildman–Crippen LogP) is 4.72. The molecule has 4 heteroatoms. The highest BCUT2D eigenvalue weighted by Crippen LogP contribution is 2.68. The van der Waals surface area contributed by atoms with E-state index >= 15 is 0 Å². The minimum atomic E-state index is -0.679. The van der Waals surface area contributed by atoms with Crippen molar-refractivity contribution in [2.45, 2.75) is 97.7 Å². The summed E-state index contributed by atoms with van der Waals surface area (Å²) < 4.78 is 0. The summed E-state index contributed by atoms with van der Waals surface area (Å²) in [6, 6.07) is 0. The standard InChI is InChI=1S/C25H42O4/c1-14(11-15(2)23(28)29)18-5-6-19-22-20(8-10-25(18,19)4)24(3)9-7-17(26)12-16(24)13-21(22)27/h14-22,26-27H,5-13H2,1-4H3,(H,28,29)/t14?,15?,16-,17?,18+,19?,20?,21-,22-,24-,25+/m0/s1. The van der Waals surface area contributed by atoms with Crippen molar-refractivity contribution in [3.63, 3.8) is 0 Å². The van der Waals surface area contributed by atoms with Crippen molar-refractivity contribution in [2.24, 2.45) is 52.3 Å². The van der Waals surface area contributed by atoms with Gasteiger partial charge in [-0.2, -0.15) is 0 Å². The van der Waals surface area contributed by atoms with Gasteiger partial charge in [0, 0.05) is 0 Å². The van der Waals surface area contributed by atoms with Gasteiger partial charge in [0.1, 0.15) is 0 Å². The molecule has 4 aliphatic carbocycles. The summed E-state index contributed by atoms with van der Waals surface area (Å²) in [5, 5.41) is 30.9. The number of aliphatic carboxylic acids is 1. The maximum atomic E-state index is 11.4. The second-order valence-electron chi connectivity index (χ2n) is 11.9. The fraction of sp³-hybridized carbons (Fsp3) is 0.960. The van der Waals surface area contributed by atoms with Crippen LogP contribution in [0.1, 0.15) is 85.5 Å². The zero-order valence-corrected chi connectivity index (χ0v) is 18.8. The summed E-state index contributed by atoms with van der Waals surface area (Å²) in [5.41, 5.74) is 0.503. The highest BCUT2D eigenvalue weighted by atomic mass is 16.4. The van der Waals surface area contributed by atoms with Crippen LogP contribution >= 0.6 is 0 Å². The highest BCUT2D eigenvalue weighted by molar-refractivity contribution is 5.69. The van der Waals surface area contributed by atoms with Crippen molar-refractivity contribution >= 4 is 5.97 Å². The molecule has 0 heterocycles. The van der Waals surface area contributed by atoms with Crippen LogP contribution in [0.5, 0.6) is 0 Å². The molecule has 4 fully saturated rings. The fourth-order valence-corrected chi connectivity index (χ4v) is 9.00. The molecular weight excluding hydrogens is 364 g/mol. The van der Waals surface area contributed by atoms with E-state index < -0.39 is 5.97 Å². The van der Waals surface area contributed by atoms with Crippen molar-refractivity contribution in [3.8, 4) is 0 Å². The second kappa shape index (κ2) is 7.51. The van der Waals surface area contributed by atoms with E-state index in [1.807, 2.05) is 6.92 Å². The average molecular weight is 407 g/mol. The molecule has 4 rings (SSSR count). The highest BCUT2D eigenvalue weighted by Gasteiger charge is 2.62. The Morgan fingerprint density at radius 1 is 0.966 bits per heavy atom. The normalized spacial score (nSPS) is 51.4. The third-order valence-electron chi connectivity index (χ3n) is 10.6. The summed E-state index contributed by atoms with van der Waals surface area (Å²) in [6.07, 6.45) is 8.87. The van der Waals surface area contributed by atoms with Crippen molar-refractivity contribution in [1.29, 1.82) is 0 Å². The van der Waals surface area contributed by atoms with E-state index in [-0.39, 0.29) is 29.0 Å². The molecule has 5 unspecified atom stereocenters. The minimum absolute atomic E-state index is 0.182. The molecule has 4 aliphatic rings. The zero-order chi connectivity index (χ0) is 21.1. The molecule has 4 saturated carbocycles. The molecule has 29 heavy (non-hydrogen) atoms. The van der Waals surface area contributed by atoms with Crippen LogP contribution in [0.2, 0.25) is 0 Å². The molecule has 0 saturated heterocycles. The van der Waals surface area contributed by atoms with Crippen LogP contribution in [0.4, 0.5) is 0 Å². The van der Waals surface area contributed by atoms with E-state index in [1.54, 1.807) is 0 Å². The summed E-state index contributed by atoms with van der Waals surface area (Å²) >= 11 is 0. The molecule has 4 nitrogen and oxygen atoms in total. The molecule has 0 aromatic heterocycles. The van der Waals surface area contributed by atoms with Crippen LogP contribution in [0.15, 0.2) is 0 Å². The first kappa shape index (κ1) is 21.6. The minimum Gasteiger partial charge on any atom is -0.481 e. The Balaban J connectivity index is 1.56. The van der Waals surface area contributed by atoms with Crippen LogP contribution in [0.3, 0.4) is 0 Å². The zero-order valence-electron chi connectivity index (χ0n) is 18.8. The van der Waals surface area contributed by atoms with Gasteiger partial charge in [-0.1, -0.05) is 27.7 Å². The summed E-state index contributed by atoms with van der Waals surface area (Å²) in [5.74, 6) is 2.02. The van der Waals surface area contributed by atoms with Gasteiger partial charge >= 0.3 is 5.97 Å². The SMILES string of the molecule is CC(CC(C)[C@H]1CCC2[C@H]3C(CC[C@@]21C)[C@@]1(C)CCC(O)C[C@H]1C[C@@H]3O)C(=O)O. The third kappa shape index (κ3) is 3.37. The average Bonchev–Trinajstić information content (AvgIpc) is 3.00. The van der Waals surface area contributed by atoms with Gasteiger partial charge in [-0.25, -0.2) is 0 Å². The Bertz CT molecular complexity index is 634. The smallest absolute Gasteiger partial charge is 0.306 e. The summed E-state index contributed by atoms with van der Waals surface area (Å²) in [6.45, 7) is 9.02. The number of aliphatic hydroxyl groups is 2. The molecular formula is C25H42O4. The summed E-state index contributed by atoms with van der Waals surface area (Å²) in [4.78, 5) is 11.4. The Morgan fingerprint density at radius 3 is 2.31 bits per heavy atom. The Morgan fingerprint density at radius 2 is 1.62 bits per heavy atom. The van der Waals surface area contributed by atoms with Gasteiger partial charge in [-0.05, 0) is 104 Å². The van der Waals surface area contributed by atoms with Gasteiger partial charge < -0.3 is 15.3 Å². The molecule has 0 radical (unpaired) electrons. The number of rotatable bonds is 4. The Hall–Kier alpha value is -0.610. The van der Waals surface area contributed by atoms with Crippen molar-refractivity contribution < 1.29 is 20.1 Å². The lowest BCUT2D eigenvalue weighted by Crippen LogP contribution is -2.58. The maximum Gasteiger partial charge on any atom is 0.306 e. The Kier molecular flexibility index (Phi) is 5.60. The molecule has 0 aromatic rings. The van der Waals surface area contributed by atoms with E-state index in [0.717, 1.165) is 32.1 Å². The van der Waals surface area contributed by atoms with Crippen LogP contribution in [0.25, 0.3) is 0 Å². The lowest BCUT2D eigenvalue weighted by molar-refractivity contribution is -0.174. The van der Waals surface area contributed by atoms with Crippen LogP contribution in [-0.4, -0.2) is 33.5 Å². The Labute approximate surface area is 176 Å². The quantitative estimate of drug-likeness (QED) is 0.631. The van der Waals surface area contributed by atoms with Gasteiger partial charge in [-0.3, -0.25) is 4.79 Å². The number of fused-ring (bicyclic) bond motifs is 5. The second-order valence-corrected chi connectivity index (χ2v) is 11.9. The van der Waals surface area contributed by atoms with Gasteiger partial charge in [0.25, 0.3) is 0 Å². The van der Waals surface area contributed by atoms with Gasteiger partial charge in [-0.15, -0.1) is 0 Å². The van der Waals surface area contributed by atoms with E-state index in [1.165, 1.54) is 25.7 Å². The fourth-order valence-electron chi connectivity index (χ4n) is 9.00. The molecule has 0 bridgehead atoms. The maximum absolute atomic E-state index is 11.4. The van der Waals surface area contributed by atoms with Gasteiger partial charge in [0.05, 0.1) is 18.1 Å². The number of hydrogen-bond acceptors (Lipinski definition) is 3. The molecule has 0 amide bonds. The molecule has 0 aliphatic heterocycles. The van der Waals surface area contributed by atoms with Gasteiger partial charge in [0.2, 0.25) is 0 Å². The van der Waals surface area contributed by atoms with Crippen molar-refractivity contribution in [2.75, 3.05) is 0 Å². The largest absolute Gasteiger partial charge is 0.481 e. The lowest BCUT2D eigenvalue weighted by Gasteiger charge is -2.62. The third-order valence-corrected chi connectivity index (χ3v) is 10.6. The van der Waals surface area contributed by atoms with Crippen molar-refractivity contribution in [1.82, 2.24) is 0 Å². The molecule has 0 aromatic carbocycles. The summed E-state index contributed by atoms with van der Waals surface area (Å²) in [7, 11) is 0. The first-order valence-corrected chi connectivity index (χ1v) is 12.2. The first-order valence-electron chi connectivity index (χ1n) is 12.2.